The van der Waals surface area contributed by atoms with Crippen LogP contribution in [0.15, 0.2) is 70.2 Å². The van der Waals surface area contributed by atoms with Gasteiger partial charge in [-0.15, -0.1) is 0 Å². The number of carbonyl (C=O) groups is 2. The van der Waals surface area contributed by atoms with Crippen LogP contribution in [0.2, 0.25) is 0 Å². The summed E-state index contributed by atoms with van der Waals surface area (Å²) >= 11 is 0. The number of sulfone groups is 1. The van der Waals surface area contributed by atoms with Crippen LogP contribution in [-0.2, 0) is 9.84 Å². The molecule has 0 fully saturated rings. The molecule has 9 heteroatoms. The highest BCUT2D eigenvalue weighted by Crippen LogP contribution is 2.39. The van der Waals surface area contributed by atoms with Gasteiger partial charge in [0.25, 0.3) is 5.91 Å². The van der Waals surface area contributed by atoms with Gasteiger partial charge in [-0.25, -0.2) is 13.2 Å². The minimum absolute atomic E-state index is 0.189. The summed E-state index contributed by atoms with van der Waals surface area (Å²) < 4.78 is 28.7. The van der Waals surface area contributed by atoms with Crippen molar-refractivity contribution in [1.29, 1.82) is 0 Å². The van der Waals surface area contributed by atoms with E-state index in [1.165, 1.54) is 23.3 Å². The monoisotopic (exact) mass is 439 g/mol. The number of primary amides is 1. The number of furan rings is 1. The Morgan fingerprint density at radius 3 is 2.29 bits per heavy atom. The highest BCUT2D eigenvalue weighted by molar-refractivity contribution is 7.90. The maximum absolute atomic E-state index is 13.1. The predicted molar refractivity (Wildman–Crippen MR) is 117 cm³/mol. The number of nitrogens with two attached hydrogens (primary N) is 1. The van der Waals surface area contributed by atoms with Gasteiger partial charge in [0.1, 0.15) is 0 Å². The average Bonchev–Trinajstić information content (AvgIpc) is 3.26. The first-order valence-corrected chi connectivity index (χ1v) is 11.4. The number of anilines is 2. The van der Waals surface area contributed by atoms with Crippen molar-refractivity contribution in [1.82, 2.24) is 0 Å². The van der Waals surface area contributed by atoms with Gasteiger partial charge < -0.3 is 15.1 Å². The lowest BCUT2D eigenvalue weighted by molar-refractivity contribution is 0.0957. The van der Waals surface area contributed by atoms with E-state index in [0.717, 1.165) is 17.4 Å². The van der Waals surface area contributed by atoms with Crippen molar-refractivity contribution in [2.24, 2.45) is 5.73 Å². The fraction of sp³-hybridized carbons (Fsp3) is 0.182. The lowest BCUT2D eigenvalue weighted by Gasteiger charge is -2.40. The van der Waals surface area contributed by atoms with Gasteiger partial charge in [-0.2, -0.15) is 0 Å². The summed E-state index contributed by atoms with van der Waals surface area (Å²) in [6.45, 7) is 2.06. The molecule has 31 heavy (non-hydrogen) atoms. The van der Waals surface area contributed by atoms with Gasteiger partial charge in [0, 0.05) is 12.8 Å². The van der Waals surface area contributed by atoms with E-state index in [9.17, 15) is 18.0 Å². The second-order valence-electron chi connectivity index (χ2n) is 7.45. The second kappa shape index (κ2) is 7.59. The zero-order valence-corrected chi connectivity index (χ0v) is 17.8. The van der Waals surface area contributed by atoms with Gasteiger partial charge in [-0.05, 0) is 54.4 Å². The number of amides is 3. The number of fused-ring (bicyclic) bond motifs is 1. The molecule has 1 atom stereocenters. The van der Waals surface area contributed by atoms with Crippen LogP contribution in [0.4, 0.5) is 16.2 Å². The molecule has 0 aliphatic carbocycles. The molecule has 4 rings (SSSR count). The first kappa shape index (κ1) is 20.7. The lowest BCUT2D eigenvalue weighted by atomic mass is 10.0. The van der Waals surface area contributed by atoms with Crippen LogP contribution in [0, 0.1) is 0 Å². The molecule has 3 amide bonds. The summed E-state index contributed by atoms with van der Waals surface area (Å²) in [5, 5.41) is 0. The summed E-state index contributed by atoms with van der Waals surface area (Å²) in [6, 6.07) is 14.1. The minimum Gasteiger partial charge on any atom is -0.459 e. The molecule has 1 aromatic heterocycles. The van der Waals surface area contributed by atoms with E-state index in [0.29, 0.717) is 11.4 Å². The molecular weight excluding hydrogens is 418 g/mol. The zero-order valence-electron chi connectivity index (χ0n) is 17.0. The van der Waals surface area contributed by atoms with Crippen molar-refractivity contribution in [3.63, 3.8) is 0 Å². The summed E-state index contributed by atoms with van der Waals surface area (Å²) in [7, 11) is -3.31. The van der Waals surface area contributed by atoms with E-state index in [-0.39, 0.29) is 29.1 Å². The Bertz CT molecular complexity index is 1250. The Hall–Kier alpha value is -3.59. The van der Waals surface area contributed by atoms with Crippen LogP contribution >= 0.6 is 0 Å². The number of nitrogens with zero attached hydrogens (tertiary/aromatic N) is 2. The van der Waals surface area contributed by atoms with Gasteiger partial charge in [0.05, 0.1) is 28.6 Å². The molecule has 2 heterocycles. The Morgan fingerprint density at radius 1 is 1.03 bits per heavy atom. The Labute approximate surface area is 179 Å². The van der Waals surface area contributed by atoms with Gasteiger partial charge in [-0.1, -0.05) is 18.2 Å². The molecular formula is C22H21N3O5S. The molecule has 0 radical (unpaired) electrons. The molecule has 0 bridgehead atoms. The fourth-order valence-corrected chi connectivity index (χ4v) is 4.39. The Kier molecular flexibility index (Phi) is 5.06. The van der Waals surface area contributed by atoms with Crippen molar-refractivity contribution in [2.75, 3.05) is 22.6 Å². The van der Waals surface area contributed by atoms with Gasteiger partial charge >= 0.3 is 6.03 Å². The average molecular weight is 439 g/mol. The number of carbonyl (C=O) groups excluding carboxylic acids is 2. The molecule has 160 valence electrons. The van der Waals surface area contributed by atoms with Crippen LogP contribution in [0.1, 0.15) is 17.5 Å². The van der Waals surface area contributed by atoms with E-state index in [4.69, 9.17) is 10.2 Å². The van der Waals surface area contributed by atoms with Gasteiger partial charge in [0.15, 0.2) is 15.6 Å². The minimum atomic E-state index is -3.31. The van der Waals surface area contributed by atoms with Crippen LogP contribution in [0.5, 0.6) is 0 Å². The normalized spacial score (nSPS) is 16.1. The molecule has 0 unspecified atom stereocenters. The molecule has 1 aliphatic heterocycles. The van der Waals surface area contributed by atoms with Crippen molar-refractivity contribution < 1.29 is 22.4 Å². The summed E-state index contributed by atoms with van der Waals surface area (Å²) in [4.78, 5) is 28.4. The molecule has 2 N–H and O–H groups in total. The highest BCUT2D eigenvalue weighted by atomic mass is 32.2. The number of rotatable bonds is 3. The number of hydrogen-bond donors (Lipinski definition) is 1. The SMILES string of the molecule is C[C@H]1CN(C(=O)c2ccco2)c2cc(-c3ccc(S(C)(=O)=O)cc3)ccc2N1C(N)=O. The molecule has 0 spiro atoms. The summed E-state index contributed by atoms with van der Waals surface area (Å²) in [6.07, 6.45) is 2.58. The van der Waals surface area contributed by atoms with E-state index in [2.05, 4.69) is 0 Å². The number of benzene rings is 2. The Balaban J connectivity index is 1.81. The summed E-state index contributed by atoms with van der Waals surface area (Å²) in [5.74, 6) is -0.139. The summed E-state index contributed by atoms with van der Waals surface area (Å²) in [5.41, 5.74) is 8.16. The van der Waals surface area contributed by atoms with E-state index >= 15 is 0 Å². The Morgan fingerprint density at radius 2 is 1.71 bits per heavy atom. The first-order chi connectivity index (χ1) is 14.7. The third kappa shape index (κ3) is 3.79. The van der Waals surface area contributed by atoms with Crippen LogP contribution in [-0.4, -0.2) is 39.2 Å². The van der Waals surface area contributed by atoms with Crippen molar-refractivity contribution in [3.8, 4) is 11.1 Å². The maximum Gasteiger partial charge on any atom is 0.319 e. The van der Waals surface area contributed by atoms with E-state index in [1.54, 1.807) is 47.4 Å². The molecule has 2 aromatic carbocycles. The van der Waals surface area contributed by atoms with Crippen molar-refractivity contribution >= 4 is 33.2 Å². The predicted octanol–water partition coefficient (Wildman–Crippen LogP) is 3.28. The lowest BCUT2D eigenvalue weighted by Crippen LogP contribution is -2.53. The van der Waals surface area contributed by atoms with E-state index < -0.39 is 15.9 Å². The fourth-order valence-electron chi connectivity index (χ4n) is 3.76. The quantitative estimate of drug-likeness (QED) is 0.673. The molecule has 0 saturated heterocycles. The smallest absolute Gasteiger partial charge is 0.319 e. The molecule has 3 aromatic rings. The molecule has 0 saturated carbocycles. The second-order valence-corrected chi connectivity index (χ2v) is 9.47. The van der Waals surface area contributed by atoms with Crippen LogP contribution in [0.3, 0.4) is 0 Å². The first-order valence-electron chi connectivity index (χ1n) is 9.55. The number of hydrogen-bond acceptors (Lipinski definition) is 5. The number of urea groups is 1. The topological polar surface area (TPSA) is 114 Å². The third-order valence-corrected chi connectivity index (χ3v) is 6.37. The molecule has 8 nitrogen and oxygen atoms in total. The standard InChI is InChI=1S/C22H21N3O5S/c1-14-13-24(21(26)20-4-3-11-30-20)19-12-16(7-10-18(19)25(14)22(23)27)15-5-8-17(9-6-15)31(2,28)29/h3-12,14H,13H2,1-2H3,(H2,23,27)/t14-/m0/s1. The van der Waals surface area contributed by atoms with Gasteiger partial charge in [-0.3, -0.25) is 9.69 Å². The van der Waals surface area contributed by atoms with Crippen molar-refractivity contribution in [2.45, 2.75) is 17.9 Å². The van der Waals surface area contributed by atoms with Crippen LogP contribution < -0.4 is 15.5 Å². The maximum atomic E-state index is 13.1. The zero-order chi connectivity index (χ0) is 22.3. The largest absolute Gasteiger partial charge is 0.459 e. The highest BCUT2D eigenvalue weighted by Gasteiger charge is 2.35. The van der Waals surface area contributed by atoms with E-state index in [1.807, 2.05) is 6.92 Å². The molecule has 1 aliphatic rings. The van der Waals surface area contributed by atoms with Crippen LogP contribution in [0.25, 0.3) is 11.1 Å². The van der Waals surface area contributed by atoms with Gasteiger partial charge in [0.2, 0.25) is 0 Å². The van der Waals surface area contributed by atoms with Crippen molar-refractivity contribution in [3.05, 3.63) is 66.6 Å². The third-order valence-electron chi connectivity index (χ3n) is 5.24.